The molecule has 0 fully saturated rings. The Labute approximate surface area is 166 Å². The highest BCUT2D eigenvalue weighted by Gasteiger charge is 2.25. The summed E-state index contributed by atoms with van der Waals surface area (Å²) >= 11 is 2.57. The predicted molar refractivity (Wildman–Crippen MR) is 108 cm³/mol. The Hall–Kier alpha value is -1.88. The second-order valence-corrected chi connectivity index (χ2v) is 8.65. The van der Waals surface area contributed by atoms with Crippen LogP contribution in [0.15, 0.2) is 0 Å². The topological polar surface area (TPSA) is 150 Å². The van der Waals surface area contributed by atoms with Crippen LogP contribution in [0.25, 0.3) is 0 Å². The molecule has 0 aliphatic rings. The largest absolute Gasteiger partial charge is 0.365 e. The fourth-order valence-electron chi connectivity index (χ4n) is 2.62. The van der Waals surface area contributed by atoms with Crippen molar-refractivity contribution < 1.29 is 9.59 Å². The number of rotatable bonds is 9. The Morgan fingerprint density at radius 2 is 1.81 bits per heavy atom. The molecule has 8 nitrogen and oxygen atoms in total. The minimum Gasteiger partial charge on any atom is -0.365 e. The normalized spacial score (nSPS) is 13.4. The molecule has 0 saturated carbocycles. The minimum absolute atomic E-state index is 0.279. The van der Waals surface area contributed by atoms with Crippen LogP contribution in [-0.2, 0) is 6.42 Å². The van der Waals surface area contributed by atoms with E-state index in [0.29, 0.717) is 27.7 Å². The van der Waals surface area contributed by atoms with Crippen molar-refractivity contribution in [3.05, 3.63) is 31.2 Å². The highest BCUT2D eigenvalue weighted by atomic mass is 32.1. The summed E-state index contributed by atoms with van der Waals surface area (Å²) in [4.78, 5) is 34.2. The summed E-state index contributed by atoms with van der Waals surface area (Å²) in [5.74, 6) is -0.827. The lowest BCUT2D eigenvalue weighted by Crippen LogP contribution is -2.29. The van der Waals surface area contributed by atoms with Crippen molar-refractivity contribution in [3.8, 4) is 0 Å². The molecule has 2 aromatic rings. The third-order valence-electron chi connectivity index (χ3n) is 3.92. The summed E-state index contributed by atoms with van der Waals surface area (Å²) < 4.78 is 0. The molecule has 2 amide bonds. The predicted octanol–water partition coefficient (Wildman–Crippen LogP) is 1.80. The number of nitrogens with one attached hydrogen (secondary N) is 1. The van der Waals surface area contributed by atoms with Gasteiger partial charge in [0.25, 0.3) is 11.8 Å². The van der Waals surface area contributed by atoms with Gasteiger partial charge in [-0.25, -0.2) is 9.97 Å². The number of nitrogens with two attached hydrogens (primary N) is 3. The van der Waals surface area contributed by atoms with E-state index in [1.807, 2.05) is 0 Å². The lowest BCUT2D eigenvalue weighted by Gasteiger charge is -2.13. The molecule has 0 aliphatic carbocycles. The van der Waals surface area contributed by atoms with E-state index < -0.39 is 11.9 Å². The number of hydrogen-bond donors (Lipinski definition) is 4. The number of hydrogen-bond acceptors (Lipinski definition) is 8. The van der Waals surface area contributed by atoms with Gasteiger partial charge in [0.2, 0.25) is 0 Å². The van der Waals surface area contributed by atoms with Crippen molar-refractivity contribution >= 4 is 34.5 Å². The number of thiazole rings is 2. The van der Waals surface area contributed by atoms with Crippen LogP contribution < -0.4 is 22.5 Å². The van der Waals surface area contributed by atoms with E-state index in [1.165, 1.54) is 22.7 Å². The van der Waals surface area contributed by atoms with Crippen LogP contribution in [-0.4, -0.2) is 28.3 Å². The highest BCUT2D eigenvalue weighted by Crippen LogP contribution is 2.27. The monoisotopic (exact) mass is 410 g/mol. The first kappa shape index (κ1) is 21.4. The Morgan fingerprint density at radius 1 is 1.11 bits per heavy atom. The zero-order valence-corrected chi connectivity index (χ0v) is 17.4. The van der Waals surface area contributed by atoms with Gasteiger partial charge in [0.1, 0.15) is 9.75 Å². The molecule has 0 unspecified atom stereocenters. The zero-order valence-electron chi connectivity index (χ0n) is 15.7. The molecule has 0 aliphatic heterocycles. The van der Waals surface area contributed by atoms with E-state index in [4.69, 9.17) is 17.2 Å². The van der Waals surface area contributed by atoms with Crippen LogP contribution in [0.2, 0.25) is 0 Å². The molecule has 27 heavy (non-hydrogen) atoms. The maximum atomic E-state index is 12.8. The fraction of sp³-hybridized carbons (Fsp3) is 0.529. The minimum atomic E-state index is -0.548. The molecular weight excluding hydrogens is 384 g/mol. The Morgan fingerprint density at radius 3 is 2.41 bits per heavy atom. The van der Waals surface area contributed by atoms with Gasteiger partial charge in [-0.2, -0.15) is 0 Å². The molecule has 2 atom stereocenters. The molecule has 2 heterocycles. The molecule has 0 saturated heterocycles. The Balaban J connectivity index is 2.20. The quantitative estimate of drug-likeness (QED) is 0.463. The van der Waals surface area contributed by atoms with Crippen molar-refractivity contribution in [2.24, 2.45) is 17.2 Å². The van der Waals surface area contributed by atoms with E-state index in [-0.39, 0.29) is 11.9 Å². The summed E-state index contributed by atoms with van der Waals surface area (Å²) in [6, 6.07) is -0.822. The zero-order chi connectivity index (χ0) is 20.1. The number of carbonyl (C=O) groups is 2. The van der Waals surface area contributed by atoms with Crippen LogP contribution in [0.1, 0.15) is 79.5 Å². The third-order valence-corrected chi connectivity index (χ3v) is 6.05. The number of unbranched alkanes of at least 4 members (excludes halogenated alkanes) is 1. The summed E-state index contributed by atoms with van der Waals surface area (Å²) in [5.41, 5.74) is 18.0. The second-order valence-electron chi connectivity index (χ2n) is 6.36. The lowest BCUT2D eigenvalue weighted by molar-refractivity contribution is 0.0936. The highest BCUT2D eigenvalue weighted by molar-refractivity contribution is 7.14. The van der Waals surface area contributed by atoms with Gasteiger partial charge in [-0.1, -0.05) is 0 Å². The maximum Gasteiger partial charge on any atom is 0.263 e. The molecule has 148 valence electrons. The van der Waals surface area contributed by atoms with E-state index in [9.17, 15) is 9.59 Å². The Bertz CT molecular complexity index is 814. The molecular formula is C17H26N6O2S2. The number of primary amides is 1. The first-order chi connectivity index (χ1) is 12.7. The summed E-state index contributed by atoms with van der Waals surface area (Å²) in [7, 11) is 0. The van der Waals surface area contributed by atoms with Gasteiger partial charge in [0.15, 0.2) is 0 Å². The van der Waals surface area contributed by atoms with Gasteiger partial charge in [0, 0.05) is 6.04 Å². The van der Waals surface area contributed by atoms with Crippen LogP contribution in [0.5, 0.6) is 0 Å². The molecule has 0 spiro atoms. The second kappa shape index (κ2) is 9.36. The van der Waals surface area contributed by atoms with Crippen molar-refractivity contribution in [1.82, 2.24) is 15.3 Å². The molecule has 2 aromatic heterocycles. The summed E-state index contributed by atoms with van der Waals surface area (Å²) in [5, 5.41) is 4.48. The summed E-state index contributed by atoms with van der Waals surface area (Å²) in [6.07, 6.45) is 2.59. The van der Waals surface area contributed by atoms with Crippen LogP contribution >= 0.6 is 22.7 Å². The van der Waals surface area contributed by atoms with Gasteiger partial charge in [-0.3, -0.25) is 9.59 Å². The number of carbonyl (C=O) groups excluding carboxylic acids is 2. The fourth-order valence-corrected chi connectivity index (χ4v) is 4.60. The standard InChI is InChI=1S/C17H26N6O2S2/c1-8(19)12-15(27-11(23-12)6-4-5-7-18)17(25)21-9(2)13-14(16(20)24)26-10(3)22-13/h8-9H,4-7,18-19H2,1-3H3,(H2,20,24)(H,21,25)/t8-,9-/m0/s1. The number of aryl methyl sites for hydroxylation is 2. The van der Waals surface area contributed by atoms with Gasteiger partial charge < -0.3 is 22.5 Å². The molecule has 10 heteroatoms. The summed E-state index contributed by atoms with van der Waals surface area (Å²) in [6.45, 7) is 5.99. The van der Waals surface area contributed by atoms with Crippen LogP contribution in [0, 0.1) is 6.92 Å². The van der Waals surface area contributed by atoms with E-state index in [0.717, 1.165) is 29.3 Å². The first-order valence-electron chi connectivity index (χ1n) is 8.77. The Kier molecular flexibility index (Phi) is 7.42. The first-order valence-corrected chi connectivity index (χ1v) is 10.4. The average molecular weight is 411 g/mol. The van der Waals surface area contributed by atoms with Gasteiger partial charge >= 0.3 is 0 Å². The molecule has 0 bridgehead atoms. The maximum absolute atomic E-state index is 12.8. The SMILES string of the molecule is Cc1nc([C@H](C)NC(=O)c2sc(CCCCN)nc2[C@H](C)N)c(C(N)=O)s1. The van der Waals surface area contributed by atoms with Gasteiger partial charge in [-0.15, -0.1) is 22.7 Å². The molecule has 0 aromatic carbocycles. The van der Waals surface area contributed by atoms with Crippen molar-refractivity contribution in [1.29, 1.82) is 0 Å². The van der Waals surface area contributed by atoms with Gasteiger partial charge in [-0.05, 0) is 46.6 Å². The van der Waals surface area contributed by atoms with Crippen LogP contribution in [0.3, 0.4) is 0 Å². The smallest absolute Gasteiger partial charge is 0.263 e. The van der Waals surface area contributed by atoms with Crippen LogP contribution in [0.4, 0.5) is 0 Å². The average Bonchev–Trinajstić information content (AvgIpc) is 3.19. The van der Waals surface area contributed by atoms with E-state index >= 15 is 0 Å². The van der Waals surface area contributed by atoms with Crippen molar-refractivity contribution in [3.63, 3.8) is 0 Å². The van der Waals surface area contributed by atoms with E-state index in [1.54, 1.807) is 20.8 Å². The lowest BCUT2D eigenvalue weighted by atomic mass is 10.1. The van der Waals surface area contributed by atoms with E-state index in [2.05, 4.69) is 15.3 Å². The molecule has 2 rings (SSSR count). The van der Waals surface area contributed by atoms with Gasteiger partial charge in [0.05, 0.1) is 27.4 Å². The number of nitrogens with zero attached hydrogens (tertiary/aromatic N) is 2. The molecule has 7 N–H and O–H groups in total. The van der Waals surface area contributed by atoms with Crippen molar-refractivity contribution in [2.45, 2.75) is 52.1 Å². The number of amides is 2. The number of aromatic nitrogens is 2. The molecule has 0 radical (unpaired) electrons. The third kappa shape index (κ3) is 5.32. The van der Waals surface area contributed by atoms with Crippen molar-refractivity contribution in [2.75, 3.05) is 6.54 Å².